The fourth-order valence-electron chi connectivity index (χ4n) is 3.70. The molecular weight excluding hydrogens is 378 g/mol. The summed E-state index contributed by atoms with van der Waals surface area (Å²) in [4.78, 5) is 13.5. The number of aliphatic hydroxyl groups excluding tert-OH is 2. The summed E-state index contributed by atoms with van der Waals surface area (Å²) in [7, 11) is 0. The number of hydrogen-bond acceptors (Lipinski definition) is 5. The fraction of sp³-hybridized carbons (Fsp3) is 0.880. The van der Waals surface area contributed by atoms with E-state index in [1.54, 1.807) is 13.8 Å². The number of esters is 1. The number of rotatable bonds is 20. The maximum absolute atomic E-state index is 12.1. The van der Waals surface area contributed by atoms with E-state index in [0.717, 1.165) is 25.7 Å². The van der Waals surface area contributed by atoms with Gasteiger partial charge in [0.25, 0.3) is 0 Å². The number of aliphatic hydroxyl groups is 2. The highest BCUT2D eigenvalue weighted by atomic mass is 16.6. The molecule has 0 aliphatic rings. The highest BCUT2D eigenvalue weighted by Crippen LogP contribution is 2.15. The van der Waals surface area contributed by atoms with Crippen LogP contribution in [-0.2, 0) is 9.53 Å². The standard InChI is InChI=1S/C25H49NO4/c1-5-7-8-9-10-11-12-13-14-15-16-17-18-19-20-21-25(29)30-24(6-2)26(22(3)27)23(4)28/h13-14,22-24,27-28H,5-12,15-21H2,1-4H3/b14-13-. The number of hydrogen-bond donors (Lipinski definition) is 2. The first-order valence-electron chi connectivity index (χ1n) is 12.4. The van der Waals surface area contributed by atoms with Gasteiger partial charge in [-0.1, -0.05) is 77.4 Å². The molecule has 0 radical (unpaired) electrons. The minimum atomic E-state index is -0.873. The Balaban J connectivity index is 3.67. The summed E-state index contributed by atoms with van der Waals surface area (Å²) in [5.74, 6) is -0.259. The third-order valence-electron chi connectivity index (χ3n) is 5.45. The average molecular weight is 428 g/mol. The van der Waals surface area contributed by atoms with Crippen LogP contribution in [0.15, 0.2) is 12.2 Å². The van der Waals surface area contributed by atoms with Crippen LogP contribution in [0, 0.1) is 0 Å². The third-order valence-corrected chi connectivity index (χ3v) is 5.45. The SMILES string of the molecule is CCCCCCCC/C=C\CCCCCCCC(=O)OC(CC)N(C(C)O)C(C)O. The van der Waals surface area contributed by atoms with Crippen molar-refractivity contribution in [3.8, 4) is 0 Å². The van der Waals surface area contributed by atoms with Crippen LogP contribution in [0.4, 0.5) is 0 Å². The second-order valence-corrected chi connectivity index (χ2v) is 8.40. The van der Waals surface area contributed by atoms with Crippen molar-refractivity contribution in [1.82, 2.24) is 4.90 Å². The third kappa shape index (κ3) is 15.9. The second-order valence-electron chi connectivity index (χ2n) is 8.40. The summed E-state index contributed by atoms with van der Waals surface area (Å²) in [6.07, 6.45) is 19.2. The van der Waals surface area contributed by atoms with Crippen molar-refractivity contribution in [2.24, 2.45) is 0 Å². The zero-order chi connectivity index (χ0) is 22.6. The Kier molecular flexibility index (Phi) is 19.4. The van der Waals surface area contributed by atoms with Crippen molar-refractivity contribution >= 4 is 5.97 Å². The van der Waals surface area contributed by atoms with Gasteiger partial charge in [0.1, 0.15) is 12.5 Å². The van der Waals surface area contributed by atoms with E-state index in [4.69, 9.17) is 4.74 Å². The summed E-state index contributed by atoms with van der Waals surface area (Å²) in [5, 5.41) is 19.6. The zero-order valence-electron chi connectivity index (χ0n) is 20.2. The van der Waals surface area contributed by atoms with Crippen LogP contribution in [0.1, 0.15) is 124 Å². The second kappa shape index (κ2) is 20.0. The number of unbranched alkanes of at least 4 members (excludes halogenated alkanes) is 11. The van der Waals surface area contributed by atoms with Gasteiger partial charge in [-0.15, -0.1) is 0 Å². The quantitative estimate of drug-likeness (QED) is 0.103. The minimum Gasteiger partial charge on any atom is -0.446 e. The fourth-order valence-corrected chi connectivity index (χ4v) is 3.70. The number of nitrogens with zero attached hydrogens (tertiary/aromatic N) is 1. The molecule has 0 aromatic heterocycles. The molecule has 0 aliphatic heterocycles. The maximum Gasteiger partial charge on any atom is 0.307 e. The van der Waals surface area contributed by atoms with Crippen LogP contribution in [-0.4, -0.2) is 39.8 Å². The van der Waals surface area contributed by atoms with Crippen molar-refractivity contribution in [2.45, 2.75) is 143 Å². The molecule has 2 N–H and O–H groups in total. The largest absolute Gasteiger partial charge is 0.446 e. The minimum absolute atomic E-state index is 0.259. The van der Waals surface area contributed by atoms with Crippen molar-refractivity contribution in [2.75, 3.05) is 0 Å². The Morgan fingerprint density at radius 3 is 1.73 bits per heavy atom. The maximum atomic E-state index is 12.1. The molecule has 0 aliphatic carbocycles. The molecular formula is C25H49NO4. The summed E-state index contributed by atoms with van der Waals surface area (Å²) in [5.41, 5.74) is 0. The van der Waals surface area contributed by atoms with Crippen LogP contribution in [0.3, 0.4) is 0 Å². The Morgan fingerprint density at radius 1 is 0.800 bits per heavy atom. The van der Waals surface area contributed by atoms with E-state index >= 15 is 0 Å². The van der Waals surface area contributed by atoms with E-state index in [9.17, 15) is 15.0 Å². The normalized spacial score (nSPS) is 14.9. The molecule has 0 aromatic rings. The van der Waals surface area contributed by atoms with E-state index in [1.165, 1.54) is 62.7 Å². The molecule has 3 unspecified atom stereocenters. The average Bonchev–Trinajstić information content (AvgIpc) is 2.69. The van der Waals surface area contributed by atoms with Crippen LogP contribution in [0.25, 0.3) is 0 Å². The predicted octanol–water partition coefficient (Wildman–Crippen LogP) is 6.28. The van der Waals surface area contributed by atoms with E-state index in [0.29, 0.717) is 12.8 Å². The lowest BCUT2D eigenvalue weighted by Gasteiger charge is -2.34. The van der Waals surface area contributed by atoms with Gasteiger partial charge < -0.3 is 14.9 Å². The summed E-state index contributed by atoms with van der Waals surface area (Å²) < 4.78 is 5.46. The molecule has 0 bridgehead atoms. The number of ether oxygens (including phenoxy) is 1. The molecule has 5 heteroatoms. The Hall–Kier alpha value is -0.910. The van der Waals surface area contributed by atoms with Crippen LogP contribution >= 0.6 is 0 Å². The van der Waals surface area contributed by atoms with E-state index in [2.05, 4.69) is 19.1 Å². The molecule has 0 fully saturated rings. The molecule has 30 heavy (non-hydrogen) atoms. The first-order valence-corrected chi connectivity index (χ1v) is 12.4. The van der Waals surface area contributed by atoms with Gasteiger partial charge in [0.2, 0.25) is 0 Å². The van der Waals surface area contributed by atoms with Gasteiger partial charge in [-0.2, -0.15) is 0 Å². The van der Waals surface area contributed by atoms with Gasteiger partial charge in [-0.05, 0) is 52.4 Å². The Morgan fingerprint density at radius 2 is 1.27 bits per heavy atom. The highest BCUT2D eigenvalue weighted by Gasteiger charge is 2.27. The zero-order valence-corrected chi connectivity index (χ0v) is 20.2. The lowest BCUT2D eigenvalue weighted by Crippen LogP contribution is -2.49. The Bertz CT molecular complexity index is 415. The van der Waals surface area contributed by atoms with Gasteiger partial charge >= 0.3 is 5.97 Å². The number of carbonyl (C=O) groups excluding carboxylic acids is 1. The van der Waals surface area contributed by atoms with Gasteiger partial charge in [0, 0.05) is 6.42 Å². The highest BCUT2D eigenvalue weighted by molar-refractivity contribution is 5.69. The monoisotopic (exact) mass is 427 g/mol. The molecule has 0 saturated carbocycles. The molecule has 0 rings (SSSR count). The predicted molar refractivity (Wildman–Crippen MR) is 125 cm³/mol. The van der Waals surface area contributed by atoms with Crippen LogP contribution in [0.5, 0.6) is 0 Å². The molecule has 178 valence electrons. The number of allylic oxidation sites excluding steroid dienone is 2. The van der Waals surface area contributed by atoms with E-state index in [-0.39, 0.29) is 5.97 Å². The van der Waals surface area contributed by atoms with Crippen LogP contribution < -0.4 is 0 Å². The molecule has 0 spiro atoms. The van der Waals surface area contributed by atoms with Gasteiger partial charge in [-0.25, -0.2) is 4.90 Å². The first kappa shape index (κ1) is 29.1. The lowest BCUT2D eigenvalue weighted by molar-refractivity contribution is -0.195. The van der Waals surface area contributed by atoms with Crippen LogP contribution in [0.2, 0.25) is 0 Å². The van der Waals surface area contributed by atoms with E-state index in [1.807, 2.05) is 6.92 Å². The summed E-state index contributed by atoms with van der Waals surface area (Å²) in [6.45, 7) is 7.25. The van der Waals surface area contributed by atoms with Crippen molar-refractivity contribution < 1.29 is 19.7 Å². The molecule has 3 atom stereocenters. The molecule has 0 saturated heterocycles. The van der Waals surface area contributed by atoms with Gasteiger partial charge in [0.05, 0.1) is 0 Å². The Labute approximate surface area is 185 Å². The molecule has 0 heterocycles. The van der Waals surface area contributed by atoms with Gasteiger partial charge in [0.15, 0.2) is 6.23 Å². The summed E-state index contributed by atoms with van der Waals surface area (Å²) >= 11 is 0. The molecule has 5 nitrogen and oxygen atoms in total. The van der Waals surface area contributed by atoms with Gasteiger partial charge in [-0.3, -0.25) is 4.79 Å². The lowest BCUT2D eigenvalue weighted by atomic mass is 10.1. The first-order chi connectivity index (χ1) is 14.4. The topological polar surface area (TPSA) is 70.0 Å². The van der Waals surface area contributed by atoms with Crippen molar-refractivity contribution in [3.63, 3.8) is 0 Å². The smallest absolute Gasteiger partial charge is 0.307 e. The van der Waals surface area contributed by atoms with E-state index < -0.39 is 18.7 Å². The number of carbonyl (C=O) groups is 1. The van der Waals surface area contributed by atoms with Crippen molar-refractivity contribution in [1.29, 1.82) is 0 Å². The molecule has 0 aromatic carbocycles. The van der Waals surface area contributed by atoms with Crippen molar-refractivity contribution in [3.05, 3.63) is 12.2 Å². The molecule has 0 amide bonds. The summed E-state index contributed by atoms with van der Waals surface area (Å²) in [6, 6.07) is 0.